The highest BCUT2D eigenvalue weighted by Gasteiger charge is 2.19. The lowest BCUT2D eigenvalue weighted by Gasteiger charge is -2.10. The first-order valence-electron chi connectivity index (χ1n) is 7.72. The van der Waals surface area contributed by atoms with Crippen molar-refractivity contribution in [2.75, 3.05) is 0 Å². The maximum absolute atomic E-state index is 5.90. The van der Waals surface area contributed by atoms with Gasteiger partial charge < -0.3 is 10.1 Å². The SMILES string of the molecule is Cc1ccc(OCc2cccc(CNC3CC3)c2)cc1C. The molecule has 1 saturated carbocycles. The Hall–Kier alpha value is -1.80. The second kappa shape index (κ2) is 6.31. The van der Waals surface area contributed by atoms with Gasteiger partial charge in [0.15, 0.2) is 0 Å². The van der Waals surface area contributed by atoms with Gasteiger partial charge in [-0.1, -0.05) is 30.3 Å². The number of aryl methyl sites for hydroxylation is 2. The predicted molar refractivity (Wildman–Crippen MR) is 86.6 cm³/mol. The van der Waals surface area contributed by atoms with E-state index in [2.05, 4.69) is 55.6 Å². The van der Waals surface area contributed by atoms with E-state index in [9.17, 15) is 0 Å². The largest absolute Gasteiger partial charge is 0.489 e. The highest BCUT2D eigenvalue weighted by Crippen LogP contribution is 2.20. The third-order valence-corrected chi connectivity index (χ3v) is 4.05. The summed E-state index contributed by atoms with van der Waals surface area (Å²) in [5, 5.41) is 3.55. The molecule has 2 aromatic carbocycles. The van der Waals surface area contributed by atoms with E-state index in [0.717, 1.165) is 18.3 Å². The van der Waals surface area contributed by atoms with Gasteiger partial charge in [-0.3, -0.25) is 0 Å². The smallest absolute Gasteiger partial charge is 0.120 e. The molecule has 2 aromatic rings. The zero-order valence-electron chi connectivity index (χ0n) is 12.9. The van der Waals surface area contributed by atoms with E-state index in [0.29, 0.717) is 6.61 Å². The molecule has 0 atom stereocenters. The third-order valence-electron chi connectivity index (χ3n) is 4.05. The topological polar surface area (TPSA) is 21.3 Å². The Morgan fingerprint density at radius 3 is 2.57 bits per heavy atom. The summed E-state index contributed by atoms with van der Waals surface area (Å²) in [7, 11) is 0. The van der Waals surface area contributed by atoms with E-state index in [1.807, 2.05) is 6.07 Å². The molecular formula is C19H23NO. The van der Waals surface area contributed by atoms with E-state index < -0.39 is 0 Å². The Labute approximate surface area is 127 Å². The van der Waals surface area contributed by atoms with Crippen molar-refractivity contribution in [1.29, 1.82) is 0 Å². The van der Waals surface area contributed by atoms with E-state index in [4.69, 9.17) is 4.74 Å². The fraction of sp³-hybridized carbons (Fsp3) is 0.368. The molecule has 0 bridgehead atoms. The molecule has 21 heavy (non-hydrogen) atoms. The van der Waals surface area contributed by atoms with E-state index in [1.165, 1.54) is 35.1 Å². The highest BCUT2D eigenvalue weighted by molar-refractivity contribution is 5.34. The minimum absolute atomic E-state index is 0.625. The molecule has 0 heterocycles. The number of benzene rings is 2. The molecule has 1 aliphatic rings. The number of hydrogen-bond donors (Lipinski definition) is 1. The van der Waals surface area contributed by atoms with Crippen molar-refractivity contribution >= 4 is 0 Å². The van der Waals surface area contributed by atoms with Crippen LogP contribution in [0.25, 0.3) is 0 Å². The van der Waals surface area contributed by atoms with Gasteiger partial charge in [0, 0.05) is 12.6 Å². The van der Waals surface area contributed by atoms with Crippen LogP contribution in [0.2, 0.25) is 0 Å². The van der Waals surface area contributed by atoms with Gasteiger partial charge in [-0.05, 0) is 61.1 Å². The minimum atomic E-state index is 0.625. The van der Waals surface area contributed by atoms with Crippen molar-refractivity contribution in [1.82, 2.24) is 5.32 Å². The van der Waals surface area contributed by atoms with Crippen molar-refractivity contribution in [2.45, 2.75) is 45.9 Å². The van der Waals surface area contributed by atoms with Gasteiger partial charge in [0.05, 0.1) is 0 Å². The van der Waals surface area contributed by atoms with Crippen LogP contribution in [-0.4, -0.2) is 6.04 Å². The first-order chi connectivity index (χ1) is 10.2. The van der Waals surface area contributed by atoms with Gasteiger partial charge in [0.25, 0.3) is 0 Å². The van der Waals surface area contributed by atoms with E-state index >= 15 is 0 Å². The lowest BCUT2D eigenvalue weighted by atomic mass is 10.1. The number of ether oxygens (including phenoxy) is 1. The van der Waals surface area contributed by atoms with E-state index in [1.54, 1.807) is 0 Å². The third kappa shape index (κ3) is 4.08. The maximum Gasteiger partial charge on any atom is 0.120 e. The average molecular weight is 281 g/mol. The monoisotopic (exact) mass is 281 g/mol. The molecule has 0 aliphatic heterocycles. The van der Waals surface area contributed by atoms with Gasteiger partial charge in [-0.15, -0.1) is 0 Å². The predicted octanol–water partition coefficient (Wildman–Crippen LogP) is 4.13. The Bertz CT molecular complexity index is 617. The normalized spacial score (nSPS) is 14.2. The summed E-state index contributed by atoms with van der Waals surface area (Å²) >= 11 is 0. The van der Waals surface area contributed by atoms with Gasteiger partial charge in [0.2, 0.25) is 0 Å². The Morgan fingerprint density at radius 1 is 1.00 bits per heavy atom. The highest BCUT2D eigenvalue weighted by atomic mass is 16.5. The fourth-order valence-corrected chi connectivity index (χ4v) is 2.35. The Kier molecular flexibility index (Phi) is 4.26. The lowest BCUT2D eigenvalue weighted by Crippen LogP contribution is -2.15. The molecule has 0 radical (unpaired) electrons. The van der Waals surface area contributed by atoms with Crippen molar-refractivity contribution in [3.63, 3.8) is 0 Å². The average Bonchev–Trinajstić information content (AvgIpc) is 3.31. The van der Waals surface area contributed by atoms with Gasteiger partial charge in [-0.25, -0.2) is 0 Å². The maximum atomic E-state index is 5.90. The molecule has 2 nitrogen and oxygen atoms in total. The Balaban J connectivity index is 1.58. The van der Waals surface area contributed by atoms with Crippen molar-refractivity contribution < 1.29 is 4.74 Å². The summed E-state index contributed by atoms with van der Waals surface area (Å²) in [5.41, 5.74) is 5.14. The molecule has 0 amide bonds. The number of nitrogens with one attached hydrogen (secondary N) is 1. The van der Waals surface area contributed by atoms with Gasteiger partial charge >= 0.3 is 0 Å². The van der Waals surface area contributed by atoms with Crippen molar-refractivity contribution in [3.8, 4) is 5.75 Å². The fourth-order valence-electron chi connectivity index (χ4n) is 2.35. The van der Waals surface area contributed by atoms with Crippen LogP contribution in [0.5, 0.6) is 5.75 Å². The second-order valence-corrected chi connectivity index (χ2v) is 6.01. The summed E-state index contributed by atoms with van der Waals surface area (Å²) in [6.45, 7) is 5.82. The van der Waals surface area contributed by atoms with Crippen LogP contribution < -0.4 is 10.1 Å². The van der Waals surface area contributed by atoms with Crippen LogP contribution in [0.3, 0.4) is 0 Å². The van der Waals surface area contributed by atoms with Crippen LogP contribution in [0.15, 0.2) is 42.5 Å². The minimum Gasteiger partial charge on any atom is -0.489 e. The molecule has 1 aliphatic carbocycles. The zero-order chi connectivity index (χ0) is 14.7. The number of rotatable bonds is 6. The molecule has 0 saturated heterocycles. The summed E-state index contributed by atoms with van der Waals surface area (Å²) in [4.78, 5) is 0. The summed E-state index contributed by atoms with van der Waals surface area (Å²) in [6, 6.07) is 15.7. The zero-order valence-corrected chi connectivity index (χ0v) is 12.9. The van der Waals surface area contributed by atoms with E-state index in [-0.39, 0.29) is 0 Å². The molecule has 3 rings (SSSR count). The first kappa shape index (κ1) is 14.2. The van der Waals surface area contributed by atoms with Gasteiger partial charge in [-0.2, -0.15) is 0 Å². The summed E-state index contributed by atoms with van der Waals surface area (Å²) < 4.78 is 5.90. The second-order valence-electron chi connectivity index (χ2n) is 6.01. The quantitative estimate of drug-likeness (QED) is 0.859. The van der Waals surface area contributed by atoms with Crippen LogP contribution in [0, 0.1) is 13.8 Å². The standard InChI is InChI=1S/C19H23NO/c1-14-6-9-19(10-15(14)2)21-13-17-5-3-4-16(11-17)12-20-18-7-8-18/h3-6,9-11,18,20H,7-8,12-13H2,1-2H3. The molecule has 1 fully saturated rings. The lowest BCUT2D eigenvalue weighted by molar-refractivity contribution is 0.306. The van der Waals surface area contributed by atoms with Crippen LogP contribution in [-0.2, 0) is 13.2 Å². The molecule has 110 valence electrons. The molecule has 1 N–H and O–H groups in total. The van der Waals surface area contributed by atoms with Crippen LogP contribution in [0.1, 0.15) is 35.1 Å². The number of hydrogen-bond acceptors (Lipinski definition) is 2. The van der Waals surface area contributed by atoms with Crippen molar-refractivity contribution in [2.24, 2.45) is 0 Å². The molecular weight excluding hydrogens is 258 g/mol. The summed E-state index contributed by atoms with van der Waals surface area (Å²) in [5.74, 6) is 0.944. The van der Waals surface area contributed by atoms with Gasteiger partial charge in [0.1, 0.15) is 12.4 Å². The molecule has 0 spiro atoms. The molecule has 2 heteroatoms. The van der Waals surface area contributed by atoms with Crippen molar-refractivity contribution in [3.05, 3.63) is 64.7 Å². The van der Waals surface area contributed by atoms with Crippen LogP contribution in [0.4, 0.5) is 0 Å². The van der Waals surface area contributed by atoms with Crippen LogP contribution >= 0.6 is 0 Å². The Morgan fingerprint density at radius 2 is 1.81 bits per heavy atom. The molecule has 0 unspecified atom stereocenters. The summed E-state index contributed by atoms with van der Waals surface area (Å²) in [6.07, 6.45) is 2.66. The first-order valence-corrected chi connectivity index (χ1v) is 7.72. The molecule has 0 aromatic heterocycles.